The Morgan fingerprint density at radius 2 is 2.16 bits per heavy atom. The number of hydrogen-bond donors (Lipinski definition) is 2. The number of hydrogen-bond acceptors (Lipinski definition) is 1. The molecule has 0 amide bonds. The molecule has 1 aliphatic carbocycles. The van der Waals surface area contributed by atoms with Crippen LogP contribution in [-0.2, 0) is 6.42 Å². The summed E-state index contributed by atoms with van der Waals surface area (Å²) in [4.78, 5) is 3.83. The molecule has 0 radical (unpaired) electrons. The van der Waals surface area contributed by atoms with Gasteiger partial charge in [0.25, 0.3) is 0 Å². The van der Waals surface area contributed by atoms with Crippen LogP contribution in [-0.4, -0.2) is 9.97 Å². The molecule has 0 saturated heterocycles. The number of aromatic amines is 1. The molecule has 0 bridgehead atoms. The summed E-state index contributed by atoms with van der Waals surface area (Å²) in [6.45, 7) is 0. The zero-order valence-corrected chi connectivity index (χ0v) is 12.9. The maximum atomic E-state index is 5.82. The minimum atomic E-state index is 0.455. The minimum absolute atomic E-state index is 0.455. The van der Waals surface area contributed by atoms with Crippen LogP contribution in [0.15, 0.2) is 34.8 Å². The Hall–Kier alpha value is -1.13. The fourth-order valence-electron chi connectivity index (χ4n) is 2.32. The highest BCUT2D eigenvalue weighted by atomic mass is 79.9. The Morgan fingerprint density at radius 1 is 1.37 bits per heavy atom. The first-order valence-electron chi connectivity index (χ1n) is 6.41. The lowest BCUT2D eigenvalue weighted by Gasteiger charge is -2.00. The second-order valence-corrected chi connectivity index (χ2v) is 6.46. The Balaban J connectivity index is 1.99. The summed E-state index contributed by atoms with van der Waals surface area (Å²) in [5, 5.41) is 0. The van der Waals surface area contributed by atoms with E-state index in [0.717, 1.165) is 33.8 Å². The van der Waals surface area contributed by atoms with Crippen LogP contribution in [0.2, 0.25) is 0 Å². The summed E-state index contributed by atoms with van der Waals surface area (Å²) in [6, 6.07) is 10.4. The first kappa shape index (κ1) is 12.9. The molecule has 1 heterocycles. The molecular formula is C15H15BrN2S. The molecule has 3 rings (SSSR count). The van der Waals surface area contributed by atoms with Crippen molar-refractivity contribution in [2.45, 2.75) is 19.3 Å². The molecule has 19 heavy (non-hydrogen) atoms. The number of nitrogens with two attached hydrogens (primary N) is 1. The molecule has 0 spiro atoms. The van der Waals surface area contributed by atoms with Gasteiger partial charge in [0.05, 0.1) is 5.69 Å². The van der Waals surface area contributed by atoms with Crippen LogP contribution in [0.3, 0.4) is 0 Å². The first-order chi connectivity index (χ1) is 9.13. The largest absolute Gasteiger partial charge is 0.388 e. The minimum Gasteiger partial charge on any atom is -0.388 e. The van der Waals surface area contributed by atoms with Gasteiger partial charge in [0.1, 0.15) is 4.99 Å². The fourth-order valence-corrected chi connectivity index (χ4v) is 2.90. The van der Waals surface area contributed by atoms with Crippen molar-refractivity contribution >= 4 is 33.1 Å². The van der Waals surface area contributed by atoms with E-state index >= 15 is 0 Å². The number of aromatic nitrogens is 1. The van der Waals surface area contributed by atoms with E-state index in [-0.39, 0.29) is 0 Å². The molecule has 3 N–H and O–H groups in total. The maximum absolute atomic E-state index is 5.82. The van der Waals surface area contributed by atoms with Crippen LogP contribution < -0.4 is 5.73 Å². The van der Waals surface area contributed by atoms with Crippen molar-refractivity contribution in [3.8, 4) is 11.3 Å². The summed E-state index contributed by atoms with van der Waals surface area (Å²) < 4.78 is 1.07. The molecule has 1 saturated carbocycles. The third-order valence-corrected chi connectivity index (χ3v) is 4.18. The highest BCUT2D eigenvalue weighted by molar-refractivity contribution is 9.10. The Kier molecular flexibility index (Phi) is 3.46. The van der Waals surface area contributed by atoms with Gasteiger partial charge >= 0.3 is 0 Å². The lowest BCUT2D eigenvalue weighted by Crippen LogP contribution is -2.12. The van der Waals surface area contributed by atoms with Gasteiger partial charge < -0.3 is 10.7 Å². The normalized spacial score (nSPS) is 14.6. The maximum Gasteiger partial charge on any atom is 0.120 e. The second-order valence-electron chi connectivity index (χ2n) is 5.11. The highest BCUT2D eigenvalue weighted by Crippen LogP contribution is 2.35. The van der Waals surface area contributed by atoms with E-state index in [9.17, 15) is 0 Å². The van der Waals surface area contributed by atoms with E-state index in [2.05, 4.69) is 39.1 Å². The zero-order chi connectivity index (χ0) is 13.4. The third kappa shape index (κ3) is 2.90. The summed E-state index contributed by atoms with van der Waals surface area (Å²) >= 11 is 8.65. The van der Waals surface area contributed by atoms with Crippen LogP contribution in [0, 0.1) is 5.92 Å². The second kappa shape index (κ2) is 5.10. The zero-order valence-electron chi connectivity index (χ0n) is 10.4. The van der Waals surface area contributed by atoms with E-state index in [1.54, 1.807) is 0 Å². The Bertz CT molecular complexity index is 629. The highest BCUT2D eigenvalue weighted by Gasteiger charge is 2.24. The topological polar surface area (TPSA) is 41.8 Å². The summed E-state index contributed by atoms with van der Waals surface area (Å²) in [5.74, 6) is 0.819. The number of halogens is 1. The van der Waals surface area contributed by atoms with Crippen LogP contribution >= 0.6 is 28.1 Å². The molecule has 1 fully saturated rings. The van der Waals surface area contributed by atoms with Gasteiger partial charge in [-0.3, -0.25) is 0 Å². The van der Waals surface area contributed by atoms with Gasteiger partial charge in [-0.05, 0) is 54.5 Å². The van der Waals surface area contributed by atoms with E-state index < -0.39 is 0 Å². The van der Waals surface area contributed by atoms with Crippen LogP contribution in [0.4, 0.5) is 0 Å². The van der Waals surface area contributed by atoms with Gasteiger partial charge in [0.2, 0.25) is 0 Å². The number of H-pyrrole nitrogens is 1. The molecule has 98 valence electrons. The first-order valence-corrected chi connectivity index (χ1v) is 7.61. The predicted octanol–water partition coefficient (Wildman–Crippen LogP) is 4.03. The number of benzene rings is 1. The van der Waals surface area contributed by atoms with E-state index in [4.69, 9.17) is 18.0 Å². The van der Waals surface area contributed by atoms with E-state index in [1.165, 1.54) is 18.4 Å². The molecule has 1 aliphatic rings. The van der Waals surface area contributed by atoms with Crippen molar-refractivity contribution < 1.29 is 0 Å². The van der Waals surface area contributed by atoms with Gasteiger partial charge in [0, 0.05) is 10.2 Å². The van der Waals surface area contributed by atoms with Gasteiger partial charge in [0.15, 0.2) is 0 Å². The van der Waals surface area contributed by atoms with Gasteiger partial charge in [-0.25, -0.2) is 0 Å². The van der Waals surface area contributed by atoms with Crippen molar-refractivity contribution in [2.24, 2.45) is 11.7 Å². The lowest BCUT2D eigenvalue weighted by atomic mass is 10.1. The molecule has 4 heteroatoms. The molecule has 2 nitrogen and oxygen atoms in total. The van der Waals surface area contributed by atoms with Crippen molar-refractivity contribution in [3.63, 3.8) is 0 Å². The van der Waals surface area contributed by atoms with Gasteiger partial charge in [-0.1, -0.05) is 40.3 Å². The molecule has 1 aromatic heterocycles. The molecule has 0 aliphatic heterocycles. The number of rotatable bonds is 4. The Labute approximate surface area is 126 Å². The average molecular weight is 335 g/mol. The predicted molar refractivity (Wildman–Crippen MR) is 86.2 cm³/mol. The number of nitrogens with one attached hydrogen (secondary N) is 1. The fraction of sp³-hybridized carbons (Fsp3) is 0.267. The van der Waals surface area contributed by atoms with Crippen LogP contribution in [0.25, 0.3) is 11.3 Å². The van der Waals surface area contributed by atoms with Crippen LogP contribution in [0.5, 0.6) is 0 Å². The van der Waals surface area contributed by atoms with Crippen molar-refractivity contribution in [2.75, 3.05) is 0 Å². The Morgan fingerprint density at radius 3 is 2.79 bits per heavy atom. The lowest BCUT2D eigenvalue weighted by molar-refractivity contribution is 0.832. The third-order valence-electron chi connectivity index (χ3n) is 3.49. The monoisotopic (exact) mass is 334 g/mol. The summed E-state index contributed by atoms with van der Waals surface area (Å²) in [7, 11) is 0. The van der Waals surface area contributed by atoms with E-state index in [1.807, 2.05) is 12.1 Å². The van der Waals surface area contributed by atoms with Crippen molar-refractivity contribution in [1.29, 1.82) is 0 Å². The molecule has 1 aromatic carbocycles. The SMILES string of the molecule is NC(=S)c1[nH]c(-c2cccc(Br)c2)cc1CC1CC1. The van der Waals surface area contributed by atoms with Gasteiger partial charge in [-0.15, -0.1) is 0 Å². The van der Waals surface area contributed by atoms with Crippen molar-refractivity contribution in [3.05, 3.63) is 46.1 Å². The molecular weight excluding hydrogens is 320 g/mol. The standard InChI is InChI=1S/C15H15BrN2S/c16-12-3-1-2-10(7-12)13-8-11(6-9-4-5-9)14(18-13)15(17)19/h1-3,7-9,18H,4-6H2,(H2,17,19). The molecule has 2 aromatic rings. The number of thiocarbonyl (C=S) groups is 1. The molecule has 0 unspecified atom stereocenters. The average Bonchev–Trinajstić information content (AvgIpc) is 3.06. The van der Waals surface area contributed by atoms with E-state index in [0.29, 0.717) is 4.99 Å². The molecule has 0 atom stereocenters. The smallest absolute Gasteiger partial charge is 0.120 e. The van der Waals surface area contributed by atoms with Crippen LogP contribution in [0.1, 0.15) is 24.1 Å². The van der Waals surface area contributed by atoms with Crippen molar-refractivity contribution in [1.82, 2.24) is 4.98 Å². The van der Waals surface area contributed by atoms with Gasteiger partial charge in [-0.2, -0.15) is 0 Å². The summed E-state index contributed by atoms with van der Waals surface area (Å²) in [5.41, 5.74) is 10.2. The summed E-state index contributed by atoms with van der Waals surface area (Å²) in [6.07, 6.45) is 3.74. The quantitative estimate of drug-likeness (QED) is 0.829.